The average molecular weight is 309 g/mol. The molecule has 7 heteroatoms. The smallest absolute Gasteiger partial charge is 0.153 e. The van der Waals surface area contributed by atoms with Crippen LogP contribution in [0.5, 0.6) is 0 Å². The van der Waals surface area contributed by atoms with Gasteiger partial charge in [-0.25, -0.2) is 8.42 Å². The second kappa shape index (κ2) is 5.06. The highest BCUT2D eigenvalue weighted by Crippen LogP contribution is 2.39. The molecule has 1 saturated heterocycles. The third-order valence-electron chi connectivity index (χ3n) is 3.39. The summed E-state index contributed by atoms with van der Waals surface area (Å²) in [6.07, 6.45) is 0. The Morgan fingerprint density at radius 2 is 1.80 bits per heavy atom. The molecule has 0 bridgehead atoms. The number of nitrogen functional groups attached to an aromatic ring is 1. The first-order chi connectivity index (χ1) is 9.57. The molecular weight excluding hydrogens is 294 g/mol. The fraction of sp³-hybridized carbons (Fsp3) is 0.308. The number of sulfone groups is 1. The van der Waals surface area contributed by atoms with Gasteiger partial charge in [-0.15, -0.1) is 0 Å². The van der Waals surface area contributed by atoms with Crippen LogP contribution in [0.3, 0.4) is 0 Å². The van der Waals surface area contributed by atoms with E-state index in [1.165, 1.54) is 11.5 Å². The number of nitrogens with two attached hydrogens (primary N) is 1. The van der Waals surface area contributed by atoms with Crippen molar-refractivity contribution in [3.63, 3.8) is 0 Å². The van der Waals surface area contributed by atoms with E-state index in [0.29, 0.717) is 18.9 Å². The van der Waals surface area contributed by atoms with Gasteiger partial charge in [0, 0.05) is 13.1 Å². The van der Waals surface area contributed by atoms with Gasteiger partial charge in [0.2, 0.25) is 0 Å². The Balaban J connectivity index is 1.96. The molecule has 2 aromatic rings. The Hall–Kier alpha value is -1.60. The van der Waals surface area contributed by atoms with Gasteiger partial charge in [-0.05, 0) is 17.1 Å². The van der Waals surface area contributed by atoms with Gasteiger partial charge in [-0.1, -0.05) is 30.3 Å². The first-order valence-corrected chi connectivity index (χ1v) is 8.92. The summed E-state index contributed by atoms with van der Waals surface area (Å²) in [6.45, 7) is 1.01. The minimum Gasteiger partial charge on any atom is -0.382 e. The number of hydrogen-bond donors (Lipinski definition) is 1. The highest BCUT2D eigenvalue weighted by molar-refractivity contribution is 7.91. The predicted molar refractivity (Wildman–Crippen MR) is 82.8 cm³/mol. The Bertz CT molecular complexity index is 696. The molecule has 20 heavy (non-hydrogen) atoms. The molecular formula is C13H15N3O2S2. The molecule has 1 fully saturated rings. The summed E-state index contributed by atoms with van der Waals surface area (Å²) in [5.41, 5.74) is 7.92. The largest absolute Gasteiger partial charge is 0.382 e. The molecule has 1 aliphatic rings. The predicted octanol–water partition coefficient (Wildman–Crippen LogP) is 1.63. The normalized spacial score (nSPS) is 18.1. The first kappa shape index (κ1) is 13.4. The second-order valence-electron chi connectivity index (χ2n) is 4.75. The zero-order valence-electron chi connectivity index (χ0n) is 10.8. The standard InChI is InChI=1S/C13H15N3O2S2/c14-12-11(10-4-2-1-3-5-10)13(19-15-12)16-6-8-20(17,18)9-7-16/h1-5H,6-9H2,(H2,14,15). The van der Waals surface area contributed by atoms with Crippen LogP contribution in [0, 0.1) is 0 Å². The van der Waals surface area contributed by atoms with Crippen LogP contribution in [0.4, 0.5) is 10.8 Å². The molecule has 0 amide bonds. The zero-order chi connectivity index (χ0) is 14.2. The van der Waals surface area contributed by atoms with Crippen LogP contribution in [0.2, 0.25) is 0 Å². The Morgan fingerprint density at radius 1 is 1.15 bits per heavy atom. The average Bonchev–Trinajstić information content (AvgIpc) is 2.82. The van der Waals surface area contributed by atoms with Crippen LogP contribution in [-0.4, -0.2) is 37.4 Å². The van der Waals surface area contributed by atoms with Crippen molar-refractivity contribution in [2.24, 2.45) is 0 Å². The topological polar surface area (TPSA) is 76.3 Å². The minimum atomic E-state index is -2.88. The maximum Gasteiger partial charge on any atom is 0.153 e. The van der Waals surface area contributed by atoms with E-state index in [1.54, 1.807) is 0 Å². The Morgan fingerprint density at radius 3 is 2.45 bits per heavy atom. The lowest BCUT2D eigenvalue weighted by atomic mass is 10.1. The Kier molecular flexibility index (Phi) is 3.39. The molecule has 1 aliphatic heterocycles. The summed E-state index contributed by atoms with van der Waals surface area (Å²) >= 11 is 1.33. The van der Waals surface area contributed by atoms with Gasteiger partial charge in [0.05, 0.1) is 17.1 Å². The van der Waals surface area contributed by atoms with Crippen molar-refractivity contribution in [1.82, 2.24) is 4.37 Å². The van der Waals surface area contributed by atoms with Gasteiger partial charge in [0.15, 0.2) is 9.84 Å². The van der Waals surface area contributed by atoms with E-state index >= 15 is 0 Å². The Labute approximate surface area is 122 Å². The molecule has 0 saturated carbocycles. The van der Waals surface area contributed by atoms with E-state index in [1.807, 2.05) is 30.3 Å². The number of nitrogens with zero attached hydrogens (tertiary/aromatic N) is 2. The highest BCUT2D eigenvalue weighted by Gasteiger charge is 2.26. The monoisotopic (exact) mass is 309 g/mol. The van der Waals surface area contributed by atoms with Crippen molar-refractivity contribution in [2.75, 3.05) is 35.2 Å². The van der Waals surface area contributed by atoms with E-state index < -0.39 is 9.84 Å². The number of benzene rings is 1. The van der Waals surface area contributed by atoms with Crippen LogP contribution in [0.25, 0.3) is 11.1 Å². The summed E-state index contributed by atoms with van der Waals surface area (Å²) in [5, 5.41) is 0.962. The van der Waals surface area contributed by atoms with Crippen LogP contribution in [0.15, 0.2) is 30.3 Å². The third kappa shape index (κ3) is 2.51. The molecule has 0 unspecified atom stereocenters. The number of aromatic nitrogens is 1. The summed E-state index contributed by atoms with van der Waals surface area (Å²) in [4.78, 5) is 2.07. The van der Waals surface area contributed by atoms with Gasteiger partial charge in [-0.3, -0.25) is 0 Å². The third-order valence-corrected chi connectivity index (χ3v) is 5.93. The molecule has 2 N–H and O–H groups in total. The molecule has 5 nitrogen and oxygen atoms in total. The quantitative estimate of drug-likeness (QED) is 0.912. The van der Waals surface area contributed by atoms with Crippen LogP contribution in [-0.2, 0) is 9.84 Å². The van der Waals surface area contributed by atoms with Crippen molar-refractivity contribution in [3.05, 3.63) is 30.3 Å². The summed E-state index contributed by atoms with van der Waals surface area (Å²) in [7, 11) is -2.88. The maximum atomic E-state index is 11.5. The maximum absolute atomic E-state index is 11.5. The molecule has 0 spiro atoms. The van der Waals surface area contributed by atoms with E-state index in [4.69, 9.17) is 5.73 Å². The molecule has 0 aliphatic carbocycles. The van der Waals surface area contributed by atoms with Crippen molar-refractivity contribution in [1.29, 1.82) is 0 Å². The van der Waals surface area contributed by atoms with Crippen LogP contribution >= 0.6 is 11.5 Å². The van der Waals surface area contributed by atoms with Gasteiger partial charge in [0.1, 0.15) is 10.8 Å². The summed E-state index contributed by atoms with van der Waals surface area (Å²) in [6, 6.07) is 9.84. The lowest BCUT2D eigenvalue weighted by Crippen LogP contribution is -2.40. The van der Waals surface area contributed by atoms with Crippen molar-refractivity contribution < 1.29 is 8.42 Å². The SMILES string of the molecule is Nc1nsc(N2CCS(=O)(=O)CC2)c1-c1ccccc1. The fourth-order valence-electron chi connectivity index (χ4n) is 2.30. The van der Waals surface area contributed by atoms with Gasteiger partial charge in [-0.2, -0.15) is 4.37 Å². The number of hydrogen-bond acceptors (Lipinski definition) is 6. The highest BCUT2D eigenvalue weighted by atomic mass is 32.2. The minimum absolute atomic E-state index is 0.193. The van der Waals surface area contributed by atoms with E-state index in [9.17, 15) is 8.42 Å². The molecule has 3 rings (SSSR count). The van der Waals surface area contributed by atoms with Gasteiger partial charge >= 0.3 is 0 Å². The van der Waals surface area contributed by atoms with Gasteiger partial charge < -0.3 is 10.6 Å². The van der Waals surface area contributed by atoms with E-state index in [-0.39, 0.29) is 11.5 Å². The molecule has 0 radical (unpaired) electrons. The lowest BCUT2D eigenvalue weighted by molar-refractivity contribution is 0.587. The van der Waals surface area contributed by atoms with Gasteiger partial charge in [0.25, 0.3) is 0 Å². The van der Waals surface area contributed by atoms with E-state index in [0.717, 1.165) is 16.1 Å². The zero-order valence-corrected chi connectivity index (χ0v) is 12.5. The fourth-order valence-corrected chi connectivity index (χ4v) is 4.39. The van der Waals surface area contributed by atoms with E-state index in [2.05, 4.69) is 9.27 Å². The molecule has 0 atom stereocenters. The molecule has 1 aromatic carbocycles. The number of rotatable bonds is 2. The molecule has 2 heterocycles. The second-order valence-corrected chi connectivity index (χ2v) is 7.81. The summed E-state index contributed by atoms with van der Waals surface area (Å²) < 4.78 is 27.3. The van der Waals surface area contributed by atoms with Crippen molar-refractivity contribution >= 4 is 32.2 Å². The van der Waals surface area contributed by atoms with Crippen molar-refractivity contribution in [3.8, 4) is 11.1 Å². The van der Waals surface area contributed by atoms with Crippen LogP contribution in [0.1, 0.15) is 0 Å². The van der Waals surface area contributed by atoms with Crippen molar-refractivity contribution in [2.45, 2.75) is 0 Å². The molecule has 1 aromatic heterocycles. The number of anilines is 2. The summed E-state index contributed by atoms with van der Waals surface area (Å²) in [5.74, 6) is 0.891. The first-order valence-electron chi connectivity index (χ1n) is 6.33. The van der Waals surface area contributed by atoms with Crippen LogP contribution < -0.4 is 10.6 Å². The molecule has 106 valence electrons. The lowest BCUT2D eigenvalue weighted by Gasteiger charge is -2.28.